The molecule has 0 amide bonds. The van der Waals surface area contributed by atoms with Gasteiger partial charge in [0.25, 0.3) is 0 Å². The largest absolute Gasteiger partial charge is 0.388 e. The van der Waals surface area contributed by atoms with Crippen molar-refractivity contribution in [3.63, 3.8) is 0 Å². The Balaban J connectivity index is 1.66. The van der Waals surface area contributed by atoms with Crippen LogP contribution < -0.4 is 0 Å². The van der Waals surface area contributed by atoms with Crippen LogP contribution in [0.1, 0.15) is 55.3 Å². The molecular weight excluding hydrogens is 272 g/mol. The molecule has 1 aromatic carbocycles. The molecule has 2 atom stereocenters. The van der Waals surface area contributed by atoms with E-state index in [0.29, 0.717) is 18.8 Å². The van der Waals surface area contributed by atoms with Crippen molar-refractivity contribution in [2.24, 2.45) is 5.92 Å². The number of aliphatic hydroxyl groups is 1. The van der Waals surface area contributed by atoms with Crippen LogP contribution in [-0.4, -0.2) is 25.0 Å². The van der Waals surface area contributed by atoms with Crippen LogP contribution in [0, 0.1) is 5.92 Å². The maximum atomic E-state index is 11.5. The average Bonchev–Trinajstić information content (AvgIpc) is 2.67. The third-order valence-electron chi connectivity index (χ3n) is 4.76. The highest BCUT2D eigenvalue weighted by Crippen LogP contribution is 2.37. The van der Waals surface area contributed by atoms with Crippen LogP contribution in [0.4, 0.5) is 0 Å². The van der Waals surface area contributed by atoms with E-state index in [-0.39, 0.29) is 17.4 Å². The van der Waals surface area contributed by atoms with E-state index >= 15 is 0 Å². The Hall–Kier alpha value is -0.870. The molecule has 1 aliphatic heterocycles. The first kappa shape index (κ1) is 14.1. The zero-order chi connectivity index (χ0) is 14.2. The van der Waals surface area contributed by atoms with E-state index in [1.807, 2.05) is 12.1 Å². The van der Waals surface area contributed by atoms with Gasteiger partial charge in [0, 0.05) is 0 Å². The highest BCUT2D eigenvalue weighted by atomic mass is 32.2. The molecule has 0 radical (unpaired) electrons. The smallest absolute Gasteiger partial charge is 0.150 e. The molecule has 110 valence electrons. The summed E-state index contributed by atoms with van der Waals surface area (Å²) in [4.78, 5) is 0. The fourth-order valence-electron chi connectivity index (χ4n) is 3.27. The van der Waals surface area contributed by atoms with E-state index < -0.39 is 15.9 Å². The van der Waals surface area contributed by atoms with Crippen LogP contribution in [0.15, 0.2) is 24.3 Å². The summed E-state index contributed by atoms with van der Waals surface area (Å²) in [6.07, 6.45) is 4.53. The first-order chi connectivity index (χ1) is 9.53. The summed E-state index contributed by atoms with van der Waals surface area (Å²) >= 11 is 0. The van der Waals surface area contributed by atoms with Gasteiger partial charge >= 0.3 is 0 Å². The van der Waals surface area contributed by atoms with Crippen LogP contribution in [0.2, 0.25) is 0 Å². The van der Waals surface area contributed by atoms with Crippen LogP contribution in [0.25, 0.3) is 0 Å². The second-order valence-electron chi connectivity index (χ2n) is 6.32. The van der Waals surface area contributed by atoms with E-state index in [1.54, 1.807) is 0 Å². The summed E-state index contributed by atoms with van der Waals surface area (Å²) in [5, 5.41) is 10.4. The van der Waals surface area contributed by atoms with E-state index in [4.69, 9.17) is 0 Å². The van der Waals surface area contributed by atoms with Crippen molar-refractivity contribution < 1.29 is 13.5 Å². The maximum Gasteiger partial charge on any atom is 0.150 e. The van der Waals surface area contributed by atoms with Crippen molar-refractivity contribution in [3.05, 3.63) is 35.4 Å². The normalized spacial score (nSPS) is 27.1. The first-order valence-electron chi connectivity index (χ1n) is 7.52. The van der Waals surface area contributed by atoms with Gasteiger partial charge in [0.15, 0.2) is 9.84 Å². The molecule has 3 nitrogen and oxygen atoms in total. The van der Waals surface area contributed by atoms with E-state index in [2.05, 4.69) is 12.1 Å². The van der Waals surface area contributed by atoms with Gasteiger partial charge in [-0.25, -0.2) is 8.42 Å². The Morgan fingerprint density at radius 1 is 1.25 bits per heavy atom. The predicted molar refractivity (Wildman–Crippen MR) is 79.4 cm³/mol. The van der Waals surface area contributed by atoms with Crippen LogP contribution in [0.5, 0.6) is 0 Å². The summed E-state index contributed by atoms with van der Waals surface area (Å²) in [5.74, 6) is 1.30. The van der Waals surface area contributed by atoms with Gasteiger partial charge in [0.2, 0.25) is 0 Å². The Kier molecular flexibility index (Phi) is 3.87. The molecule has 2 aliphatic rings. The number of hydrogen-bond donors (Lipinski definition) is 1. The standard InChI is InChI=1S/C16H22O3S/c17-16(9-12-7-8-20(18,19)11-12)15-6-2-5-14(10-15)13-3-1-4-13/h2,5-6,10,12-13,16-17H,1,3-4,7-9,11H2. The van der Waals surface area contributed by atoms with Gasteiger partial charge in [-0.3, -0.25) is 0 Å². The summed E-state index contributed by atoms with van der Waals surface area (Å²) in [5.41, 5.74) is 2.27. The molecule has 4 heteroatoms. The lowest BCUT2D eigenvalue weighted by molar-refractivity contribution is 0.148. The molecule has 0 bridgehead atoms. The molecule has 20 heavy (non-hydrogen) atoms. The Morgan fingerprint density at radius 3 is 2.65 bits per heavy atom. The second-order valence-corrected chi connectivity index (χ2v) is 8.55. The molecule has 0 spiro atoms. The van der Waals surface area contributed by atoms with Crippen molar-refractivity contribution in [2.45, 2.75) is 44.1 Å². The Morgan fingerprint density at radius 2 is 2.05 bits per heavy atom. The van der Waals surface area contributed by atoms with Gasteiger partial charge in [-0.1, -0.05) is 30.7 Å². The molecule has 3 rings (SSSR count). The monoisotopic (exact) mass is 294 g/mol. The molecule has 2 fully saturated rings. The molecule has 1 saturated heterocycles. The topological polar surface area (TPSA) is 54.4 Å². The van der Waals surface area contributed by atoms with Crippen molar-refractivity contribution >= 4 is 9.84 Å². The molecule has 1 saturated carbocycles. The molecular formula is C16H22O3S. The second kappa shape index (κ2) is 5.49. The van der Waals surface area contributed by atoms with Gasteiger partial charge < -0.3 is 5.11 Å². The van der Waals surface area contributed by atoms with Crippen molar-refractivity contribution in [2.75, 3.05) is 11.5 Å². The summed E-state index contributed by atoms with van der Waals surface area (Å²) in [6.45, 7) is 0. The van der Waals surface area contributed by atoms with E-state index in [1.165, 1.54) is 24.8 Å². The quantitative estimate of drug-likeness (QED) is 0.929. The SMILES string of the molecule is O=S1(=O)CCC(CC(O)c2cccc(C3CCC3)c2)C1. The van der Waals surface area contributed by atoms with E-state index in [0.717, 1.165) is 5.56 Å². The number of benzene rings is 1. The van der Waals surface area contributed by atoms with Crippen molar-refractivity contribution in [1.82, 2.24) is 0 Å². The van der Waals surface area contributed by atoms with Crippen molar-refractivity contribution in [3.8, 4) is 0 Å². The van der Waals surface area contributed by atoms with Crippen LogP contribution in [0.3, 0.4) is 0 Å². The molecule has 1 aromatic rings. The highest BCUT2D eigenvalue weighted by Gasteiger charge is 2.30. The zero-order valence-electron chi connectivity index (χ0n) is 11.7. The summed E-state index contributed by atoms with van der Waals surface area (Å²) in [6, 6.07) is 8.21. The third kappa shape index (κ3) is 3.07. The maximum absolute atomic E-state index is 11.5. The molecule has 1 N–H and O–H groups in total. The number of hydrogen-bond acceptors (Lipinski definition) is 3. The first-order valence-corrected chi connectivity index (χ1v) is 9.34. The van der Waals surface area contributed by atoms with E-state index in [9.17, 15) is 13.5 Å². The minimum Gasteiger partial charge on any atom is -0.388 e. The van der Waals surface area contributed by atoms with Gasteiger partial charge in [-0.05, 0) is 48.6 Å². The number of aliphatic hydroxyl groups excluding tert-OH is 1. The van der Waals surface area contributed by atoms with Gasteiger partial charge in [0.1, 0.15) is 0 Å². The highest BCUT2D eigenvalue weighted by molar-refractivity contribution is 7.91. The van der Waals surface area contributed by atoms with Crippen LogP contribution in [-0.2, 0) is 9.84 Å². The lowest BCUT2D eigenvalue weighted by Gasteiger charge is -2.26. The molecule has 1 heterocycles. The van der Waals surface area contributed by atoms with Crippen LogP contribution >= 0.6 is 0 Å². The van der Waals surface area contributed by atoms with Crippen molar-refractivity contribution in [1.29, 1.82) is 0 Å². The third-order valence-corrected chi connectivity index (χ3v) is 6.59. The summed E-state index contributed by atoms with van der Waals surface area (Å²) in [7, 11) is -2.85. The fourth-order valence-corrected chi connectivity index (χ4v) is 5.15. The zero-order valence-corrected chi connectivity index (χ0v) is 12.5. The van der Waals surface area contributed by atoms with Gasteiger partial charge in [-0.2, -0.15) is 0 Å². The molecule has 0 aromatic heterocycles. The number of rotatable bonds is 4. The molecule has 2 unspecified atom stereocenters. The average molecular weight is 294 g/mol. The fraction of sp³-hybridized carbons (Fsp3) is 0.625. The predicted octanol–water partition coefficient (Wildman–Crippen LogP) is 2.81. The number of sulfone groups is 1. The Labute approximate surface area is 120 Å². The minimum absolute atomic E-state index is 0.113. The van der Waals surface area contributed by atoms with Gasteiger partial charge in [0.05, 0.1) is 17.6 Å². The summed E-state index contributed by atoms with van der Waals surface area (Å²) < 4.78 is 22.9. The lowest BCUT2D eigenvalue weighted by atomic mass is 9.79. The Bertz CT molecular complexity index is 575. The van der Waals surface area contributed by atoms with Gasteiger partial charge in [-0.15, -0.1) is 0 Å². The minimum atomic E-state index is -2.85. The lowest BCUT2D eigenvalue weighted by Crippen LogP contribution is -2.11. The molecule has 1 aliphatic carbocycles.